The molecule has 0 aliphatic carbocycles. The van der Waals surface area contributed by atoms with E-state index < -0.39 is 18.3 Å². The maximum Gasteiger partial charge on any atom is 0.412 e. The number of ether oxygens (including phenoxy) is 2. The van der Waals surface area contributed by atoms with E-state index in [9.17, 15) is 15.0 Å². The second-order valence-electron chi connectivity index (χ2n) is 6.82. The molecular formula is C24H21BrN2O5. The number of aromatic hydroxyl groups is 1. The molecule has 0 heterocycles. The average molecular weight is 497 g/mol. The van der Waals surface area contributed by atoms with Gasteiger partial charge in [-0.3, -0.25) is 5.32 Å². The summed E-state index contributed by atoms with van der Waals surface area (Å²) in [6.07, 6.45) is -2.44. The lowest BCUT2D eigenvalue weighted by Crippen LogP contribution is -2.32. The summed E-state index contributed by atoms with van der Waals surface area (Å²) in [7, 11) is 0. The zero-order valence-corrected chi connectivity index (χ0v) is 18.5. The highest BCUT2D eigenvalue weighted by Crippen LogP contribution is 2.35. The summed E-state index contributed by atoms with van der Waals surface area (Å²) >= 11 is 3.37. The molecule has 0 bridgehead atoms. The molecule has 3 aromatic carbocycles. The second kappa shape index (κ2) is 11.2. The maximum absolute atomic E-state index is 12.7. The van der Waals surface area contributed by atoms with E-state index in [4.69, 9.17) is 14.7 Å². The number of aliphatic hydroxyl groups excluding tert-OH is 1. The van der Waals surface area contributed by atoms with Crippen molar-refractivity contribution in [2.24, 2.45) is 0 Å². The van der Waals surface area contributed by atoms with Gasteiger partial charge in [-0.15, -0.1) is 0 Å². The summed E-state index contributed by atoms with van der Waals surface area (Å²) in [5.41, 5.74) is 1.22. The van der Waals surface area contributed by atoms with Crippen molar-refractivity contribution < 1.29 is 24.5 Å². The topological polar surface area (TPSA) is 112 Å². The van der Waals surface area contributed by atoms with E-state index in [0.717, 1.165) is 0 Å². The number of rotatable bonds is 8. The number of carbonyl (C=O) groups excluding carboxylic acids is 1. The van der Waals surface area contributed by atoms with Crippen molar-refractivity contribution in [3.63, 3.8) is 0 Å². The molecule has 0 saturated carbocycles. The van der Waals surface area contributed by atoms with Crippen LogP contribution in [0.2, 0.25) is 0 Å². The Labute approximate surface area is 194 Å². The van der Waals surface area contributed by atoms with Gasteiger partial charge in [0.05, 0.1) is 11.6 Å². The van der Waals surface area contributed by atoms with Crippen LogP contribution in [0.15, 0.2) is 77.3 Å². The molecule has 7 nitrogen and oxygen atoms in total. The van der Waals surface area contributed by atoms with Gasteiger partial charge in [-0.05, 0) is 54.6 Å². The fraction of sp³-hybridized carbons (Fsp3) is 0.167. The summed E-state index contributed by atoms with van der Waals surface area (Å²) in [5.74, 6) is 0.450. The smallest absolute Gasteiger partial charge is 0.412 e. The number of halogens is 1. The van der Waals surface area contributed by atoms with E-state index in [2.05, 4.69) is 21.2 Å². The fourth-order valence-electron chi connectivity index (χ4n) is 3.06. The van der Waals surface area contributed by atoms with E-state index in [-0.39, 0.29) is 18.8 Å². The third kappa shape index (κ3) is 6.23. The molecular weight excluding hydrogens is 476 g/mol. The van der Waals surface area contributed by atoms with Gasteiger partial charge >= 0.3 is 6.09 Å². The number of nitrogens with zero attached hydrogens (tertiary/aromatic N) is 1. The summed E-state index contributed by atoms with van der Waals surface area (Å²) in [5, 5.41) is 31.6. The van der Waals surface area contributed by atoms with E-state index >= 15 is 0 Å². The molecule has 0 fully saturated rings. The Bertz CT molecular complexity index is 1080. The third-order valence-electron chi connectivity index (χ3n) is 4.57. The predicted octanol–water partition coefficient (Wildman–Crippen LogP) is 5.15. The molecule has 0 spiro atoms. The number of anilines is 1. The minimum absolute atomic E-state index is 0.0797. The highest BCUT2D eigenvalue weighted by atomic mass is 79.9. The van der Waals surface area contributed by atoms with Gasteiger partial charge in [-0.1, -0.05) is 34.1 Å². The monoisotopic (exact) mass is 496 g/mol. The molecule has 3 rings (SSSR count). The Kier molecular flexibility index (Phi) is 8.08. The molecule has 164 valence electrons. The van der Waals surface area contributed by atoms with Crippen LogP contribution >= 0.6 is 15.9 Å². The van der Waals surface area contributed by atoms with Crippen LogP contribution in [0.4, 0.5) is 10.5 Å². The number of carbonyl (C=O) groups is 1. The van der Waals surface area contributed by atoms with Crippen LogP contribution in [0.5, 0.6) is 11.5 Å². The molecule has 3 aromatic rings. The Morgan fingerprint density at radius 1 is 1.09 bits per heavy atom. The van der Waals surface area contributed by atoms with Crippen LogP contribution in [0.25, 0.3) is 0 Å². The van der Waals surface area contributed by atoms with E-state index in [0.29, 0.717) is 27.0 Å². The zero-order chi connectivity index (χ0) is 22.9. The lowest BCUT2D eigenvalue weighted by molar-refractivity contribution is 0.00797. The molecule has 0 saturated heterocycles. The highest BCUT2D eigenvalue weighted by Gasteiger charge is 2.31. The van der Waals surface area contributed by atoms with Crippen molar-refractivity contribution in [2.45, 2.75) is 18.6 Å². The molecule has 32 heavy (non-hydrogen) atoms. The first-order valence-electron chi connectivity index (χ1n) is 9.79. The number of nitriles is 1. The summed E-state index contributed by atoms with van der Waals surface area (Å²) in [6.45, 7) is -0.219. The van der Waals surface area contributed by atoms with Crippen LogP contribution in [0, 0.1) is 11.3 Å². The first kappa shape index (κ1) is 23.1. The van der Waals surface area contributed by atoms with E-state index in [1.807, 2.05) is 12.1 Å². The minimum atomic E-state index is -1.03. The number of para-hydroxylation sites is 1. The van der Waals surface area contributed by atoms with Gasteiger partial charge in [0.25, 0.3) is 0 Å². The van der Waals surface area contributed by atoms with Crippen LogP contribution < -0.4 is 10.1 Å². The van der Waals surface area contributed by atoms with Crippen molar-refractivity contribution >= 4 is 27.7 Å². The van der Waals surface area contributed by atoms with Gasteiger partial charge < -0.3 is 19.7 Å². The maximum atomic E-state index is 12.7. The van der Waals surface area contributed by atoms with Crippen molar-refractivity contribution in [3.8, 4) is 17.6 Å². The lowest BCUT2D eigenvalue weighted by atomic mass is 10.0. The van der Waals surface area contributed by atoms with Crippen LogP contribution in [0.1, 0.15) is 23.7 Å². The SMILES string of the molecule is N#Cc1ccc(NC(=O)O[C@H](c2cc(Br)ccc2O)[C@@H](CCO)Oc2ccccc2)cc1. The van der Waals surface area contributed by atoms with Gasteiger partial charge in [-0.25, -0.2) is 4.79 Å². The number of hydrogen-bond donors (Lipinski definition) is 3. The summed E-state index contributed by atoms with van der Waals surface area (Å²) < 4.78 is 12.4. The number of nitrogens with one attached hydrogen (secondary N) is 1. The molecule has 2 atom stereocenters. The zero-order valence-electron chi connectivity index (χ0n) is 16.9. The Morgan fingerprint density at radius 2 is 1.81 bits per heavy atom. The average Bonchev–Trinajstić information content (AvgIpc) is 2.80. The molecule has 0 unspecified atom stereocenters. The number of amides is 1. The van der Waals surface area contributed by atoms with Gasteiger partial charge in [0.15, 0.2) is 6.10 Å². The Hall–Kier alpha value is -3.54. The molecule has 3 N–H and O–H groups in total. The number of hydrogen-bond acceptors (Lipinski definition) is 6. The van der Waals surface area contributed by atoms with Crippen molar-refractivity contribution in [1.29, 1.82) is 5.26 Å². The van der Waals surface area contributed by atoms with Crippen molar-refractivity contribution in [1.82, 2.24) is 0 Å². The van der Waals surface area contributed by atoms with Crippen LogP contribution in [-0.4, -0.2) is 29.0 Å². The third-order valence-corrected chi connectivity index (χ3v) is 5.07. The normalized spacial score (nSPS) is 12.3. The van der Waals surface area contributed by atoms with Gasteiger partial charge in [0.2, 0.25) is 0 Å². The first-order chi connectivity index (χ1) is 15.5. The molecule has 0 aromatic heterocycles. The summed E-state index contributed by atoms with van der Waals surface area (Å²) in [4.78, 5) is 12.7. The van der Waals surface area contributed by atoms with Crippen LogP contribution in [-0.2, 0) is 4.74 Å². The fourth-order valence-corrected chi connectivity index (χ4v) is 3.44. The van der Waals surface area contributed by atoms with Crippen LogP contribution in [0.3, 0.4) is 0 Å². The molecule has 1 amide bonds. The second-order valence-corrected chi connectivity index (χ2v) is 7.74. The first-order valence-corrected chi connectivity index (χ1v) is 10.6. The minimum Gasteiger partial charge on any atom is -0.508 e. The van der Waals surface area contributed by atoms with Crippen molar-refractivity contribution in [2.75, 3.05) is 11.9 Å². The summed E-state index contributed by atoms with van der Waals surface area (Å²) in [6, 6.07) is 22.0. The van der Waals surface area contributed by atoms with E-state index in [1.54, 1.807) is 60.7 Å². The molecule has 0 aliphatic heterocycles. The predicted molar refractivity (Wildman–Crippen MR) is 122 cm³/mol. The van der Waals surface area contributed by atoms with Gasteiger partial charge in [-0.2, -0.15) is 5.26 Å². The quantitative estimate of drug-likeness (QED) is 0.397. The largest absolute Gasteiger partial charge is 0.508 e. The highest BCUT2D eigenvalue weighted by molar-refractivity contribution is 9.10. The van der Waals surface area contributed by atoms with Gasteiger partial charge in [0, 0.05) is 28.8 Å². The number of benzene rings is 3. The Balaban J connectivity index is 1.88. The number of phenols is 1. The van der Waals surface area contributed by atoms with E-state index in [1.165, 1.54) is 6.07 Å². The Morgan fingerprint density at radius 3 is 2.47 bits per heavy atom. The number of phenolic OH excluding ortho intramolecular Hbond substituents is 1. The van der Waals surface area contributed by atoms with Crippen molar-refractivity contribution in [3.05, 3.63) is 88.4 Å². The number of aliphatic hydroxyl groups is 1. The molecule has 8 heteroatoms. The van der Waals surface area contributed by atoms with Gasteiger partial charge in [0.1, 0.15) is 17.6 Å². The lowest BCUT2D eigenvalue weighted by Gasteiger charge is -2.28. The molecule has 0 aliphatic rings. The standard InChI is InChI=1S/C24H21BrN2O5/c25-17-8-11-21(29)20(14-17)23(22(12-13-28)31-19-4-2-1-3-5-19)32-24(30)27-18-9-6-16(15-26)7-10-18/h1-11,14,22-23,28-29H,12-13H2,(H,27,30)/t22-,23-/m1/s1. The molecule has 0 radical (unpaired) electrons.